The first-order valence-electron chi connectivity index (χ1n) is 5.61. The third kappa shape index (κ3) is 3.83. The maximum atomic E-state index is 5.01. The van der Waals surface area contributed by atoms with Crippen molar-refractivity contribution < 1.29 is 4.74 Å². The van der Waals surface area contributed by atoms with Gasteiger partial charge in [-0.2, -0.15) is 0 Å². The highest BCUT2D eigenvalue weighted by Gasteiger charge is 2.04. The van der Waals surface area contributed by atoms with Crippen molar-refractivity contribution >= 4 is 5.69 Å². The molecule has 0 spiro atoms. The zero-order valence-electron chi connectivity index (χ0n) is 10.7. The number of aryl methyl sites for hydroxylation is 1. The summed E-state index contributed by atoms with van der Waals surface area (Å²) in [6.45, 7) is 4.65. The Morgan fingerprint density at radius 3 is 2.69 bits per heavy atom. The number of nitrogens with zero attached hydrogens (tertiary/aromatic N) is 1. The zero-order chi connectivity index (χ0) is 12.0. The van der Waals surface area contributed by atoms with Gasteiger partial charge in [0.2, 0.25) is 0 Å². The Morgan fingerprint density at radius 1 is 1.31 bits per heavy atom. The lowest BCUT2D eigenvalue weighted by Crippen LogP contribution is -2.21. The average molecular weight is 222 g/mol. The number of hydrogen-bond acceptors (Lipinski definition) is 3. The van der Waals surface area contributed by atoms with E-state index in [1.54, 1.807) is 7.11 Å². The normalized spacial score (nSPS) is 10.5. The van der Waals surface area contributed by atoms with E-state index in [1.807, 2.05) is 0 Å². The Balaban J connectivity index is 2.65. The molecule has 0 unspecified atom stereocenters. The molecule has 3 nitrogen and oxygen atoms in total. The Labute approximate surface area is 98.4 Å². The fraction of sp³-hybridized carbons (Fsp3) is 0.538. The fourth-order valence-corrected chi connectivity index (χ4v) is 1.69. The molecule has 0 saturated carbocycles. The fourth-order valence-electron chi connectivity index (χ4n) is 1.69. The number of nitrogens with one attached hydrogen (secondary N) is 1. The Bertz CT molecular complexity index is 324. The van der Waals surface area contributed by atoms with Crippen LogP contribution in [-0.2, 0) is 11.3 Å². The molecule has 1 aromatic carbocycles. The van der Waals surface area contributed by atoms with E-state index in [1.165, 1.54) is 16.8 Å². The summed E-state index contributed by atoms with van der Waals surface area (Å²) in [5.74, 6) is 0. The van der Waals surface area contributed by atoms with E-state index in [0.717, 1.165) is 19.7 Å². The van der Waals surface area contributed by atoms with Crippen molar-refractivity contribution in [2.45, 2.75) is 13.5 Å². The van der Waals surface area contributed by atoms with E-state index < -0.39 is 0 Å². The molecule has 0 atom stereocenters. The van der Waals surface area contributed by atoms with Crippen LogP contribution in [0.1, 0.15) is 11.1 Å². The van der Waals surface area contributed by atoms with E-state index >= 15 is 0 Å². The van der Waals surface area contributed by atoms with Gasteiger partial charge < -0.3 is 15.0 Å². The van der Waals surface area contributed by atoms with Crippen LogP contribution in [0.5, 0.6) is 0 Å². The van der Waals surface area contributed by atoms with Crippen LogP contribution in [0.2, 0.25) is 0 Å². The van der Waals surface area contributed by atoms with Gasteiger partial charge in [-0.05, 0) is 18.6 Å². The number of methoxy groups -OCH3 is 1. The SMILES string of the molecule is COCCNCc1cc(C)ccc1N(C)C. The molecule has 1 N–H and O–H groups in total. The van der Waals surface area contributed by atoms with Crippen LogP contribution in [0, 0.1) is 6.92 Å². The van der Waals surface area contributed by atoms with Gasteiger partial charge >= 0.3 is 0 Å². The predicted molar refractivity (Wildman–Crippen MR) is 69.1 cm³/mol. The van der Waals surface area contributed by atoms with E-state index in [9.17, 15) is 0 Å². The van der Waals surface area contributed by atoms with Gasteiger partial charge in [0, 0.05) is 40.0 Å². The molecule has 0 fully saturated rings. The third-order valence-electron chi connectivity index (χ3n) is 2.52. The highest BCUT2D eigenvalue weighted by molar-refractivity contribution is 5.53. The van der Waals surface area contributed by atoms with Crippen molar-refractivity contribution in [1.29, 1.82) is 0 Å². The second-order valence-electron chi connectivity index (χ2n) is 4.20. The molecule has 1 rings (SSSR count). The topological polar surface area (TPSA) is 24.5 Å². The van der Waals surface area contributed by atoms with Crippen molar-refractivity contribution in [1.82, 2.24) is 5.32 Å². The van der Waals surface area contributed by atoms with Gasteiger partial charge in [0.1, 0.15) is 0 Å². The molecule has 0 aliphatic carbocycles. The van der Waals surface area contributed by atoms with Crippen LogP contribution < -0.4 is 10.2 Å². The van der Waals surface area contributed by atoms with E-state index in [0.29, 0.717) is 0 Å². The second-order valence-corrected chi connectivity index (χ2v) is 4.20. The largest absolute Gasteiger partial charge is 0.383 e. The monoisotopic (exact) mass is 222 g/mol. The van der Waals surface area contributed by atoms with Crippen LogP contribution in [0.3, 0.4) is 0 Å². The minimum absolute atomic E-state index is 0.753. The van der Waals surface area contributed by atoms with Gasteiger partial charge in [0.25, 0.3) is 0 Å². The molecule has 16 heavy (non-hydrogen) atoms. The summed E-state index contributed by atoms with van der Waals surface area (Å²) in [4.78, 5) is 2.15. The lowest BCUT2D eigenvalue weighted by atomic mass is 10.1. The smallest absolute Gasteiger partial charge is 0.0587 e. The lowest BCUT2D eigenvalue weighted by Gasteiger charge is -2.18. The molecule has 3 heteroatoms. The second kappa shape index (κ2) is 6.51. The van der Waals surface area contributed by atoms with Gasteiger partial charge in [0.05, 0.1) is 6.61 Å². The maximum absolute atomic E-state index is 5.01. The van der Waals surface area contributed by atoms with Crippen molar-refractivity contribution in [3.05, 3.63) is 29.3 Å². The van der Waals surface area contributed by atoms with E-state index in [2.05, 4.69) is 49.4 Å². The quantitative estimate of drug-likeness (QED) is 0.743. The van der Waals surface area contributed by atoms with Crippen LogP contribution >= 0.6 is 0 Å². The summed E-state index contributed by atoms with van der Waals surface area (Å²) in [5, 5.41) is 3.37. The molecule has 0 amide bonds. The molecule has 1 aromatic rings. The van der Waals surface area contributed by atoms with E-state index in [4.69, 9.17) is 4.74 Å². The van der Waals surface area contributed by atoms with Crippen LogP contribution in [0.25, 0.3) is 0 Å². The zero-order valence-corrected chi connectivity index (χ0v) is 10.7. The van der Waals surface area contributed by atoms with Gasteiger partial charge in [-0.3, -0.25) is 0 Å². The molecule has 90 valence electrons. The van der Waals surface area contributed by atoms with Crippen LogP contribution in [0.4, 0.5) is 5.69 Å². The van der Waals surface area contributed by atoms with Gasteiger partial charge in [-0.15, -0.1) is 0 Å². The summed E-state index contributed by atoms with van der Waals surface area (Å²) in [5.41, 5.74) is 3.91. The summed E-state index contributed by atoms with van der Waals surface area (Å²) in [6, 6.07) is 6.55. The Kier molecular flexibility index (Phi) is 5.29. The van der Waals surface area contributed by atoms with Crippen molar-refractivity contribution in [2.75, 3.05) is 39.3 Å². The summed E-state index contributed by atoms with van der Waals surface area (Å²) in [6.07, 6.45) is 0. The van der Waals surface area contributed by atoms with Crippen molar-refractivity contribution in [2.24, 2.45) is 0 Å². The Morgan fingerprint density at radius 2 is 2.06 bits per heavy atom. The lowest BCUT2D eigenvalue weighted by molar-refractivity contribution is 0.199. The Hall–Kier alpha value is -1.06. The average Bonchev–Trinajstić information content (AvgIpc) is 2.24. The number of hydrogen-bond donors (Lipinski definition) is 1. The minimum atomic E-state index is 0.753. The first-order chi connectivity index (χ1) is 7.65. The molecule has 0 bridgehead atoms. The van der Waals surface area contributed by atoms with Crippen LogP contribution in [-0.4, -0.2) is 34.4 Å². The van der Waals surface area contributed by atoms with Crippen molar-refractivity contribution in [3.8, 4) is 0 Å². The molecule has 0 aromatic heterocycles. The molecule has 0 aliphatic rings. The molecule has 0 aliphatic heterocycles. The minimum Gasteiger partial charge on any atom is -0.383 e. The third-order valence-corrected chi connectivity index (χ3v) is 2.52. The number of ether oxygens (including phenoxy) is 1. The molecule has 0 saturated heterocycles. The van der Waals surface area contributed by atoms with Gasteiger partial charge in [0.15, 0.2) is 0 Å². The summed E-state index contributed by atoms with van der Waals surface area (Å²) >= 11 is 0. The van der Waals surface area contributed by atoms with Gasteiger partial charge in [-0.25, -0.2) is 0 Å². The molecular weight excluding hydrogens is 200 g/mol. The van der Waals surface area contributed by atoms with Crippen molar-refractivity contribution in [3.63, 3.8) is 0 Å². The molecular formula is C13H22N2O. The standard InChI is InChI=1S/C13H22N2O/c1-11-5-6-13(15(2)3)12(9-11)10-14-7-8-16-4/h5-6,9,14H,7-8,10H2,1-4H3. The molecule has 0 radical (unpaired) electrons. The summed E-state index contributed by atoms with van der Waals surface area (Å²) < 4.78 is 5.01. The number of anilines is 1. The van der Waals surface area contributed by atoms with Crippen LogP contribution in [0.15, 0.2) is 18.2 Å². The summed E-state index contributed by atoms with van der Waals surface area (Å²) in [7, 11) is 5.87. The maximum Gasteiger partial charge on any atom is 0.0587 e. The highest BCUT2D eigenvalue weighted by Crippen LogP contribution is 2.19. The molecule has 0 heterocycles. The number of benzene rings is 1. The number of rotatable bonds is 6. The first kappa shape index (κ1) is 13.0. The van der Waals surface area contributed by atoms with E-state index in [-0.39, 0.29) is 0 Å². The predicted octanol–water partition coefficient (Wildman–Crippen LogP) is 1.80. The highest BCUT2D eigenvalue weighted by atomic mass is 16.5. The first-order valence-corrected chi connectivity index (χ1v) is 5.61. The van der Waals surface area contributed by atoms with Gasteiger partial charge in [-0.1, -0.05) is 17.7 Å².